The smallest absolute Gasteiger partial charge is 0.00242 e. The van der Waals surface area contributed by atoms with E-state index >= 15 is 0 Å². The monoisotopic (exact) mass is 121 g/mol. The van der Waals surface area contributed by atoms with Gasteiger partial charge < -0.3 is 0 Å². The number of rotatable bonds is 2. The van der Waals surface area contributed by atoms with Crippen molar-refractivity contribution < 1.29 is 0 Å². The van der Waals surface area contributed by atoms with Crippen molar-refractivity contribution >= 4 is 0 Å². The van der Waals surface area contributed by atoms with Crippen molar-refractivity contribution in [3.63, 3.8) is 0 Å². The first-order chi connectivity index (χ1) is 4.36. The van der Waals surface area contributed by atoms with E-state index in [1.165, 1.54) is 12.0 Å². The molecule has 0 N–H and O–H groups in total. The summed E-state index contributed by atoms with van der Waals surface area (Å²) in [6.07, 6.45) is 10.1. The minimum atomic E-state index is 0.611. The quantitative estimate of drug-likeness (QED) is 0.527. The summed E-state index contributed by atoms with van der Waals surface area (Å²) in [6.45, 7) is 4.38. The highest BCUT2D eigenvalue weighted by molar-refractivity contribution is 5.25. The maximum Gasteiger partial charge on any atom is 0.00242 e. The highest BCUT2D eigenvalue weighted by atomic mass is 14.1. The lowest BCUT2D eigenvalue weighted by molar-refractivity contribution is 0.763. The molecule has 0 spiro atoms. The van der Waals surface area contributed by atoms with Gasteiger partial charge in [-0.25, -0.2) is 0 Å². The third-order valence-electron chi connectivity index (χ3n) is 1.75. The zero-order valence-corrected chi connectivity index (χ0v) is 6.15. The Morgan fingerprint density at radius 3 is 2.67 bits per heavy atom. The second kappa shape index (κ2) is 2.86. The van der Waals surface area contributed by atoms with Crippen molar-refractivity contribution in [2.24, 2.45) is 5.92 Å². The molecule has 0 aliphatic heterocycles. The Hall–Kier alpha value is -0.520. The summed E-state index contributed by atoms with van der Waals surface area (Å²) >= 11 is 0. The van der Waals surface area contributed by atoms with Crippen LogP contribution in [0.5, 0.6) is 0 Å². The molecule has 0 saturated carbocycles. The third-order valence-corrected chi connectivity index (χ3v) is 1.75. The van der Waals surface area contributed by atoms with Crippen LogP contribution >= 0.6 is 0 Å². The summed E-state index contributed by atoms with van der Waals surface area (Å²) in [6, 6.07) is 0. The van der Waals surface area contributed by atoms with Crippen molar-refractivity contribution in [3.8, 4) is 0 Å². The SMILES string of the molecule is CCC1=CC(CC)[C]=C1. The molecule has 0 heteroatoms. The Kier molecular flexibility index (Phi) is 2.10. The third kappa shape index (κ3) is 1.44. The lowest BCUT2D eigenvalue weighted by Gasteiger charge is -1.95. The van der Waals surface area contributed by atoms with Gasteiger partial charge in [0.25, 0.3) is 0 Å². The van der Waals surface area contributed by atoms with Crippen LogP contribution in [0.25, 0.3) is 0 Å². The fourth-order valence-corrected chi connectivity index (χ4v) is 1.02. The molecular formula is C9H13. The second-order valence-electron chi connectivity index (χ2n) is 2.42. The van der Waals surface area contributed by atoms with Crippen molar-refractivity contribution in [1.82, 2.24) is 0 Å². The molecule has 1 radical (unpaired) electrons. The molecular weight excluding hydrogens is 108 g/mol. The van der Waals surface area contributed by atoms with Crippen LogP contribution in [0.4, 0.5) is 0 Å². The molecule has 0 aromatic rings. The molecule has 0 aromatic carbocycles. The average Bonchev–Trinajstić information content (AvgIpc) is 2.34. The molecule has 0 bridgehead atoms. The van der Waals surface area contributed by atoms with Crippen molar-refractivity contribution in [3.05, 3.63) is 23.8 Å². The maximum absolute atomic E-state index is 3.29. The van der Waals surface area contributed by atoms with E-state index in [-0.39, 0.29) is 0 Å². The molecule has 0 heterocycles. The molecule has 0 amide bonds. The minimum Gasteiger partial charge on any atom is -0.0738 e. The maximum atomic E-state index is 3.29. The molecule has 49 valence electrons. The Bertz CT molecular complexity index is 140. The van der Waals surface area contributed by atoms with E-state index in [2.05, 4.69) is 32.1 Å². The van der Waals surface area contributed by atoms with E-state index in [0.717, 1.165) is 6.42 Å². The predicted molar refractivity (Wildman–Crippen MR) is 40.0 cm³/mol. The first-order valence-corrected chi connectivity index (χ1v) is 3.66. The summed E-state index contributed by atoms with van der Waals surface area (Å²) in [7, 11) is 0. The van der Waals surface area contributed by atoms with Crippen LogP contribution in [0.15, 0.2) is 17.7 Å². The van der Waals surface area contributed by atoms with Gasteiger partial charge in [-0.2, -0.15) is 0 Å². The van der Waals surface area contributed by atoms with E-state index in [1.807, 2.05) is 0 Å². The summed E-state index contributed by atoms with van der Waals surface area (Å²) in [5, 5.41) is 0. The Morgan fingerprint density at radius 1 is 1.56 bits per heavy atom. The van der Waals surface area contributed by atoms with Crippen molar-refractivity contribution in [1.29, 1.82) is 0 Å². The van der Waals surface area contributed by atoms with Gasteiger partial charge in [0.2, 0.25) is 0 Å². The van der Waals surface area contributed by atoms with Gasteiger partial charge in [-0.15, -0.1) is 0 Å². The van der Waals surface area contributed by atoms with Crippen LogP contribution in [-0.2, 0) is 0 Å². The standard InChI is InChI=1S/C9H13/c1-3-8-5-6-9(4-2)7-8/h5,7,9H,3-4H2,1-2H3. The van der Waals surface area contributed by atoms with E-state index in [9.17, 15) is 0 Å². The molecule has 1 aliphatic carbocycles. The van der Waals surface area contributed by atoms with E-state index in [4.69, 9.17) is 0 Å². The van der Waals surface area contributed by atoms with Gasteiger partial charge in [-0.1, -0.05) is 31.6 Å². The summed E-state index contributed by atoms with van der Waals surface area (Å²) in [4.78, 5) is 0. The van der Waals surface area contributed by atoms with E-state index < -0.39 is 0 Å². The van der Waals surface area contributed by atoms with Crippen molar-refractivity contribution in [2.45, 2.75) is 26.7 Å². The largest absolute Gasteiger partial charge is 0.0738 e. The normalized spacial score (nSPS) is 24.7. The van der Waals surface area contributed by atoms with Crippen LogP contribution < -0.4 is 0 Å². The zero-order valence-electron chi connectivity index (χ0n) is 6.15. The van der Waals surface area contributed by atoms with Gasteiger partial charge in [-0.3, -0.25) is 0 Å². The van der Waals surface area contributed by atoms with Crippen LogP contribution in [0, 0.1) is 12.0 Å². The van der Waals surface area contributed by atoms with E-state index in [0.29, 0.717) is 5.92 Å². The van der Waals surface area contributed by atoms with Gasteiger partial charge in [0, 0.05) is 5.92 Å². The fraction of sp³-hybridized carbons (Fsp3) is 0.556. The zero-order chi connectivity index (χ0) is 6.69. The molecule has 9 heavy (non-hydrogen) atoms. The molecule has 0 fully saturated rings. The minimum absolute atomic E-state index is 0.611. The highest BCUT2D eigenvalue weighted by Crippen LogP contribution is 2.19. The molecule has 0 aromatic heterocycles. The van der Waals surface area contributed by atoms with Crippen LogP contribution in [0.2, 0.25) is 0 Å². The predicted octanol–water partition coefficient (Wildman–Crippen LogP) is 2.72. The lowest BCUT2D eigenvalue weighted by Crippen LogP contribution is -1.83. The molecule has 0 saturated heterocycles. The van der Waals surface area contributed by atoms with E-state index in [1.54, 1.807) is 0 Å². The fourth-order valence-electron chi connectivity index (χ4n) is 1.02. The topological polar surface area (TPSA) is 0 Å². The van der Waals surface area contributed by atoms with Gasteiger partial charge in [0.05, 0.1) is 0 Å². The van der Waals surface area contributed by atoms with Gasteiger partial charge >= 0.3 is 0 Å². The molecule has 1 atom stereocenters. The number of hydrogen-bond donors (Lipinski definition) is 0. The Labute approximate surface area is 57.3 Å². The summed E-state index contributed by atoms with van der Waals surface area (Å²) < 4.78 is 0. The lowest BCUT2D eigenvalue weighted by atomic mass is 10.1. The first kappa shape index (κ1) is 6.60. The highest BCUT2D eigenvalue weighted by Gasteiger charge is 2.04. The van der Waals surface area contributed by atoms with Crippen LogP contribution in [0.3, 0.4) is 0 Å². The summed E-state index contributed by atoms with van der Waals surface area (Å²) in [5.74, 6) is 0.611. The molecule has 1 unspecified atom stereocenters. The first-order valence-electron chi connectivity index (χ1n) is 3.66. The van der Waals surface area contributed by atoms with Crippen LogP contribution in [-0.4, -0.2) is 0 Å². The molecule has 0 nitrogen and oxygen atoms in total. The Balaban J connectivity index is 2.52. The number of hydrogen-bond acceptors (Lipinski definition) is 0. The molecule has 1 rings (SSSR count). The summed E-state index contributed by atoms with van der Waals surface area (Å²) in [5.41, 5.74) is 1.45. The molecule has 1 aliphatic rings. The Morgan fingerprint density at radius 2 is 2.33 bits per heavy atom. The number of allylic oxidation sites excluding steroid dienone is 4. The van der Waals surface area contributed by atoms with Gasteiger partial charge in [-0.05, 0) is 18.9 Å². The van der Waals surface area contributed by atoms with Gasteiger partial charge in [0.1, 0.15) is 0 Å². The van der Waals surface area contributed by atoms with Gasteiger partial charge in [0.15, 0.2) is 0 Å². The van der Waals surface area contributed by atoms with Crippen molar-refractivity contribution in [2.75, 3.05) is 0 Å². The second-order valence-corrected chi connectivity index (χ2v) is 2.42. The average molecular weight is 121 g/mol. The van der Waals surface area contributed by atoms with Crippen LogP contribution in [0.1, 0.15) is 26.7 Å².